The molecule has 64 valence electrons. The number of aliphatic imine (C=N–C) groups is 1. The zero-order valence-corrected chi connectivity index (χ0v) is 6.95. The zero-order valence-electron chi connectivity index (χ0n) is 6.95. The SMILES string of the molecule is NCC#Cc1cccc(N=C=O)c1. The summed E-state index contributed by atoms with van der Waals surface area (Å²) >= 11 is 0. The summed E-state index contributed by atoms with van der Waals surface area (Å²) < 4.78 is 0. The van der Waals surface area contributed by atoms with E-state index in [0.717, 1.165) is 5.56 Å². The molecule has 13 heavy (non-hydrogen) atoms. The van der Waals surface area contributed by atoms with E-state index >= 15 is 0 Å². The van der Waals surface area contributed by atoms with Crippen molar-refractivity contribution in [2.75, 3.05) is 6.54 Å². The maximum absolute atomic E-state index is 9.95. The molecule has 0 unspecified atom stereocenters. The van der Waals surface area contributed by atoms with Gasteiger partial charge in [-0.1, -0.05) is 17.9 Å². The Labute approximate surface area is 76.3 Å². The number of benzene rings is 1. The molecule has 0 saturated heterocycles. The van der Waals surface area contributed by atoms with E-state index in [1.54, 1.807) is 18.2 Å². The molecule has 1 rings (SSSR count). The van der Waals surface area contributed by atoms with Gasteiger partial charge in [-0.2, -0.15) is 4.99 Å². The van der Waals surface area contributed by atoms with Gasteiger partial charge in [-0.25, -0.2) is 4.79 Å². The lowest BCUT2D eigenvalue weighted by Gasteiger charge is -1.90. The smallest absolute Gasteiger partial charge is 0.240 e. The van der Waals surface area contributed by atoms with Crippen molar-refractivity contribution in [2.45, 2.75) is 0 Å². The molecule has 0 heterocycles. The van der Waals surface area contributed by atoms with Gasteiger partial charge >= 0.3 is 0 Å². The van der Waals surface area contributed by atoms with Gasteiger partial charge in [-0.05, 0) is 18.2 Å². The highest BCUT2D eigenvalue weighted by Gasteiger charge is 1.89. The number of hydrogen-bond donors (Lipinski definition) is 1. The maximum atomic E-state index is 9.95. The van der Waals surface area contributed by atoms with Crippen molar-refractivity contribution in [1.82, 2.24) is 0 Å². The summed E-state index contributed by atoms with van der Waals surface area (Å²) in [5, 5.41) is 0. The second-order valence-corrected chi connectivity index (χ2v) is 2.26. The van der Waals surface area contributed by atoms with E-state index in [1.165, 1.54) is 6.08 Å². The number of carbonyl (C=O) groups excluding carboxylic acids is 1. The molecule has 1 aromatic carbocycles. The van der Waals surface area contributed by atoms with Gasteiger partial charge in [0.1, 0.15) is 0 Å². The van der Waals surface area contributed by atoms with Crippen molar-refractivity contribution in [3.63, 3.8) is 0 Å². The summed E-state index contributed by atoms with van der Waals surface area (Å²) in [4.78, 5) is 13.4. The highest BCUT2D eigenvalue weighted by Crippen LogP contribution is 2.11. The van der Waals surface area contributed by atoms with E-state index in [-0.39, 0.29) is 0 Å². The molecule has 0 spiro atoms. The van der Waals surface area contributed by atoms with Gasteiger partial charge in [0, 0.05) is 5.56 Å². The van der Waals surface area contributed by atoms with Crippen LogP contribution in [0.3, 0.4) is 0 Å². The summed E-state index contributed by atoms with van der Waals surface area (Å²) in [7, 11) is 0. The van der Waals surface area contributed by atoms with Crippen LogP contribution < -0.4 is 5.73 Å². The number of isocyanates is 1. The number of nitrogens with zero attached hydrogens (tertiary/aromatic N) is 1. The lowest BCUT2D eigenvalue weighted by atomic mass is 10.2. The lowest BCUT2D eigenvalue weighted by molar-refractivity contribution is 0.565. The Morgan fingerprint density at radius 3 is 3.00 bits per heavy atom. The molecule has 0 aliphatic rings. The summed E-state index contributed by atoms with van der Waals surface area (Å²) in [6.07, 6.45) is 1.47. The first-order chi connectivity index (χ1) is 6.36. The zero-order chi connectivity index (χ0) is 9.52. The molecule has 3 nitrogen and oxygen atoms in total. The minimum absolute atomic E-state index is 0.321. The molecule has 0 fully saturated rings. The van der Waals surface area contributed by atoms with E-state index in [2.05, 4.69) is 16.8 Å². The fraction of sp³-hybridized carbons (Fsp3) is 0.100. The average molecular weight is 172 g/mol. The van der Waals surface area contributed by atoms with Crippen molar-refractivity contribution < 1.29 is 4.79 Å². The maximum Gasteiger partial charge on any atom is 0.240 e. The molecule has 3 heteroatoms. The van der Waals surface area contributed by atoms with Gasteiger partial charge in [-0.3, -0.25) is 0 Å². The van der Waals surface area contributed by atoms with Crippen LogP contribution >= 0.6 is 0 Å². The van der Waals surface area contributed by atoms with Crippen molar-refractivity contribution in [1.29, 1.82) is 0 Å². The average Bonchev–Trinajstić information content (AvgIpc) is 2.16. The first-order valence-corrected chi connectivity index (χ1v) is 3.73. The molecule has 0 saturated carbocycles. The third-order valence-electron chi connectivity index (χ3n) is 1.36. The normalized spacial score (nSPS) is 8.08. The van der Waals surface area contributed by atoms with Gasteiger partial charge in [0.25, 0.3) is 0 Å². The van der Waals surface area contributed by atoms with E-state index in [4.69, 9.17) is 5.73 Å². The summed E-state index contributed by atoms with van der Waals surface area (Å²) in [5.74, 6) is 5.55. The van der Waals surface area contributed by atoms with Crippen molar-refractivity contribution >= 4 is 11.8 Å². The molecule has 0 bridgehead atoms. The van der Waals surface area contributed by atoms with Gasteiger partial charge in [-0.15, -0.1) is 0 Å². The fourth-order valence-electron chi connectivity index (χ4n) is 0.859. The highest BCUT2D eigenvalue weighted by atomic mass is 16.1. The monoisotopic (exact) mass is 172 g/mol. The molecule has 0 aliphatic heterocycles. The molecular formula is C10H8N2O. The molecule has 0 amide bonds. The van der Waals surface area contributed by atoms with Crippen LogP contribution in [-0.2, 0) is 4.79 Å². The molecule has 0 radical (unpaired) electrons. The van der Waals surface area contributed by atoms with Gasteiger partial charge in [0.2, 0.25) is 6.08 Å². The Bertz CT molecular complexity index is 395. The second-order valence-electron chi connectivity index (χ2n) is 2.26. The van der Waals surface area contributed by atoms with E-state index in [1.807, 2.05) is 6.07 Å². The third kappa shape index (κ3) is 2.92. The van der Waals surface area contributed by atoms with E-state index in [0.29, 0.717) is 12.2 Å². The first kappa shape index (κ1) is 9.21. The van der Waals surface area contributed by atoms with Gasteiger partial charge in [0.15, 0.2) is 0 Å². The van der Waals surface area contributed by atoms with Crippen LogP contribution in [0.2, 0.25) is 0 Å². The number of nitrogens with two attached hydrogens (primary N) is 1. The van der Waals surface area contributed by atoms with Crippen LogP contribution in [0.15, 0.2) is 29.3 Å². The van der Waals surface area contributed by atoms with Crippen LogP contribution in [0.5, 0.6) is 0 Å². The fourth-order valence-corrected chi connectivity index (χ4v) is 0.859. The first-order valence-electron chi connectivity index (χ1n) is 3.73. The third-order valence-corrected chi connectivity index (χ3v) is 1.36. The highest BCUT2D eigenvalue weighted by molar-refractivity contribution is 5.52. The summed E-state index contributed by atoms with van der Waals surface area (Å²) in [6.45, 7) is 0.321. The second kappa shape index (κ2) is 4.89. The van der Waals surface area contributed by atoms with Crippen LogP contribution in [0.25, 0.3) is 0 Å². The molecule has 0 atom stereocenters. The van der Waals surface area contributed by atoms with E-state index < -0.39 is 0 Å². The topological polar surface area (TPSA) is 55.4 Å². The largest absolute Gasteiger partial charge is 0.320 e. The van der Waals surface area contributed by atoms with Crippen LogP contribution in [0.4, 0.5) is 5.69 Å². The standard InChI is InChI=1S/C10H8N2O/c11-6-2-4-9-3-1-5-10(7-9)12-8-13/h1,3,5,7H,6,11H2. The summed E-state index contributed by atoms with van der Waals surface area (Å²) in [6, 6.07) is 7.01. The lowest BCUT2D eigenvalue weighted by Crippen LogP contribution is -1.92. The Morgan fingerprint density at radius 2 is 2.31 bits per heavy atom. The predicted octanol–water partition coefficient (Wildman–Crippen LogP) is 0.964. The predicted molar refractivity (Wildman–Crippen MR) is 50.2 cm³/mol. The van der Waals surface area contributed by atoms with Crippen LogP contribution in [-0.4, -0.2) is 12.6 Å². The molecule has 1 aromatic rings. The minimum Gasteiger partial charge on any atom is -0.320 e. The minimum atomic E-state index is 0.321. The number of hydrogen-bond acceptors (Lipinski definition) is 3. The molecule has 2 N–H and O–H groups in total. The van der Waals surface area contributed by atoms with Crippen molar-refractivity contribution in [3.8, 4) is 11.8 Å². The Balaban J connectivity index is 2.98. The van der Waals surface area contributed by atoms with Crippen molar-refractivity contribution in [2.24, 2.45) is 10.7 Å². The van der Waals surface area contributed by atoms with Crippen molar-refractivity contribution in [3.05, 3.63) is 29.8 Å². The Kier molecular flexibility index (Phi) is 3.46. The quantitative estimate of drug-likeness (QED) is 0.389. The summed E-state index contributed by atoms with van der Waals surface area (Å²) in [5.41, 5.74) is 6.56. The van der Waals surface area contributed by atoms with Gasteiger partial charge in [0.05, 0.1) is 12.2 Å². The molecular weight excluding hydrogens is 164 g/mol. The van der Waals surface area contributed by atoms with Crippen LogP contribution in [0, 0.1) is 11.8 Å². The van der Waals surface area contributed by atoms with E-state index in [9.17, 15) is 4.79 Å². The number of rotatable bonds is 1. The Hall–Kier alpha value is -1.88. The van der Waals surface area contributed by atoms with Gasteiger partial charge < -0.3 is 5.73 Å². The van der Waals surface area contributed by atoms with Crippen LogP contribution in [0.1, 0.15) is 5.56 Å². The molecule has 0 aromatic heterocycles. The molecule has 0 aliphatic carbocycles. The Morgan fingerprint density at radius 1 is 1.46 bits per heavy atom.